The van der Waals surface area contributed by atoms with E-state index in [4.69, 9.17) is 0 Å². The molecule has 0 bridgehead atoms. The molecule has 1 unspecified atom stereocenters. The number of anilines is 1. The molecule has 0 aliphatic heterocycles. The molecule has 4 aromatic rings. The fourth-order valence-electron chi connectivity index (χ4n) is 3.33. The largest absolute Gasteiger partial charge is 0.315 e. The highest BCUT2D eigenvalue weighted by Gasteiger charge is 2.25. The summed E-state index contributed by atoms with van der Waals surface area (Å²) in [6, 6.07) is 21.5. The van der Waals surface area contributed by atoms with Crippen molar-refractivity contribution in [1.29, 1.82) is 0 Å². The van der Waals surface area contributed by atoms with Crippen molar-refractivity contribution in [3.8, 4) is 17.1 Å². The van der Waals surface area contributed by atoms with Crippen molar-refractivity contribution in [2.45, 2.75) is 24.3 Å². The van der Waals surface area contributed by atoms with E-state index in [0.717, 1.165) is 28.3 Å². The minimum Gasteiger partial charge on any atom is -0.315 e. The van der Waals surface area contributed by atoms with Crippen molar-refractivity contribution < 1.29 is 4.79 Å². The Bertz CT molecular complexity index is 1180. The predicted molar refractivity (Wildman–Crippen MR) is 124 cm³/mol. The number of para-hydroxylation sites is 2. The molecule has 0 aliphatic rings. The van der Waals surface area contributed by atoms with Crippen LogP contribution in [0.25, 0.3) is 17.1 Å². The van der Waals surface area contributed by atoms with E-state index in [1.165, 1.54) is 11.8 Å². The molecule has 1 atom stereocenters. The van der Waals surface area contributed by atoms with Crippen LogP contribution in [0.2, 0.25) is 0 Å². The lowest BCUT2D eigenvalue weighted by Gasteiger charge is -2.21. The Morgan fingerprint density at radius 1 is 0.968 bits per heavy atom. The smallest absolute Gasteiger partial charge is 0.240 e. The summed E-state index contributed by atoms with van der Waals surface area (Å²) in [6.07, 6.45) is 3.47. The first-order chi connectivity index (χ1) is 15.1. The number of nitrogens with zero attached hydrogens (tertiary/aromatic N) is 5. The maximum Gasteiger partial charge on any atom is 0.240 e. The highest BCUT2D eigenvalue weighted by molar-refractivity contribution is 8.00. The average Bonchev–Trinajstić information content (AvgIpc) is 3.22. The summed E-state index contributed by atoms with van der Waals surface area (Å²) >= 11 is 1.40. The number of carbonyl (C=O) groups excluding carboxylic acids is 1. The first kappa shape index (κ1) is 20.8. The van der Waals surface area contributed by atoms with E-state index in [1.54, 1.807) is 24.3 Å². The van der Waals surface area contributed by atoms with Crippen molar-refractivity contribution in [2.24, 2.45) is 0 Å². The Kier molecular flexibility index (Phi) is 6.13. The zero-order valence-electron chi connectivity index (χ0n) is 17.6. The summed E-state index contributed by atoms with van der Waals surface area (Å²) in [5.41, 5.74) is 3.86. The lowest BCUT2D eigenvalue weighted by atomic mass is 10.2. The second-order valence-electron chi connectivity index (χ2n) is 7.16. The van der Waals surface area contributed by atoms with Crippen molar-refractivity contribution in [1.82, 2.24) is 19.7 Å². The molecule has 1 amide bonds. The van der Waals surface area contributed by atoms with Gasteiger partial charge in [0.05, 0.1) is 10.9 Å². The summed E-state index contributed by atoms with van der Waals surface area (Å²) < 4.78 is 2.02. The Morgan fingerprint density at radius 3 is 2.35 bits per heavy atom. The van der Waals surface area contributed by atoms with Gasteiger partial charge in [-0.15, -0.1) is 10.2 Å². The fraction of sp³-hybridized carbons (Fsp3) is 0.167. The molecule has 2 aromatic heterocycles. The van der Waals surface area contributed by atoms with Crippen molar-refractivity contribution >= 4 is 23.4 Å². The van der Waals surface area contributed by atoms with Gasteiger partial charge in [0.1, 0.15) is 0 Å². The van der Waals surface area contributed by atoms with Gasteiger partial charge >= 0.3 is 0 Å². The second kappa shape index (κ2) is 9.14. The van der Waals surface area contributed by atoms with Crippen molar-refractivity contribution in [3.05, 3.63) is 84.7 Å². The van der Waals surface area contributed by atoms with Gasteiger partial charge in [-0.05, 0) is 49.7 Å². The number of aromatic nitrogens is 4. The molecule has 6 nitrogen and oxygen atoms in total. The summed E-state index contributed by atoms with van der Waals surface area (Å²) in [5.74, 6) is 0.719. The van der Waals surface area contributed by atoms with Gasteiger partial charge in [-0.25, -0.2) is 0 Å². The molecular formula is C24H23N5OS. The maximum atomic E-state index is 13.1. The van der Waals surface area contributed by atoms with E-state index in [1.807, 2.05) is 72.2 Å². The average molecular weight is 430 g/mol. The Hall–Kier alpha value is -3.45. The first-order valence-electron chi connectivity index (χ1n) is 9.97. The van der Waals surface area contributed by atoms with Crippen LogP contribution in [0.1, 0.15) is 12.5 Å². The maximum absolute atomic E-state index is 13.1. The number of amides is 1. The molecule has 2 heterocycles. The molecule has 0 spiro atoms. The Balaban J connectivity index is 1.69. The standard InChI is InChI=1S/C24H23N5OS/c1-17-9-7-8-12-21(17)29-22(19-13-15-25-16-14-19)26-27-24(29)31-18(2)23(30)28(3)20-10-5-4-6-11-20/h4-16,18H,1-3H3. The summed E-state index contributed by atoms with van der Waals surface area (Å²) in [5, 5.41) is 9.23. The third-order valence-electron chi connectivity index (χ3n) is 5.03. The van der Waals surface area contributed by atoms with Crippen LogP contribution in [-0.4, -0.2) is 38.0 Å². The van der Waals surface area contributed by atoms with E-state index >= 15 is 0 Å². The molecule has 0 aliphatic carbocycles. The summed E-state index contributed by atoms with van der Waals surface area (Å²) in [7, 11) is 1.79. The van der Waals surface area contributed by atoms with Gasteiger partial charge in [0.25, 0.3) is 0 Å². The third-order valence-corrected chi connectivity index (χ3v) is 6.06. The van der Waals surface area contributed by atoms with Gasteiger partial charge in [-0.3, -0.25) is 14.3 Å². The second-order valence-corrected chi connectivity index (χ2v) is 8.46. The van der Waals surface area contributed by atoms with Crippen LogP contribution in [0, 0.1) is 6.92 Å². The molecule has 0 fully saturated rings. The summed E-state index contributed by atoms with van der Waals surface area (Å²) in [4.78, 5) is 18.9. The van der Waals surface area contributed by atoms with Crippen molar-refractivity contribution in [2.75, 3.05) is 11.9 Å². The van der Waals surface area contributed by atoms with E-state index in [9.17, 15) is 4.79 Å². The number of hydrogen-bond acceptors (Lipinski definition) is 5. The van der Waals surface area contributed by atoms with Gasteiger partial charge in [0.2, 0.25) is 5.91 Å². The van der Waals surface area contributed by atoms with Crippen LogP contribution in [-0.2, 0) is 4.79 Å². The zero-order chi connectivity index (χ0) is 21.8. The molecule has 0 N–H and O–H groups in total. The molecule has 4 rings (SSSR count). The molecule has 0 saturated heterocycles. The van der Waals surface area contributed by atoms with Crippen LogP contribution in [0.15, 0.2) is 84.3 Å². The quantitative estimate of drug-likeness (QED) is 0.413. The van der Waals surface area contributed by atoms with E-state index in [-0.39, 0.29) is 11.2 Å². The number of thioether (sulfide) groups is 1. The highest BCUT2D eigenvalue weighted by atomic mass is 32.2. The number of rotatable bonds is 6. The van der Waals surface area contributed by atoms with Gasteiger partial charge in [0, 0.05) is 30.7 Å². The van der Waals surface area contributed by atoms with Gasteiger partial charge < -0.3 is 4.90 Å². The number of benzene rings is 2. The molecule has 7 heteroatoms. The van der Waals surface area contributed by atoms with Crippen LogP contribution in [0.3, 0.4) is 0 Å². The predicted octanol–water partition coefficient (Wildman–Crippen LogP) is 4.78. The number of carbonyl (C=O) groups is 1. The van der Waals surface area contributed by atoms with Gasteiger partial charge in [-0.1, -0.05) is 48.2 Å². The molecule has 2 aromatic carbocycles. The number of hydrogen-bond donors (Lipinski definition) is 0. The van der Waals surface area contributed by atoms with E-state index < -0.39 is 0 Å². The lowest BCUT2D eigenvalue weighted by Crippen LogP contribution is -2.33. The van der Waals surface area contributed by atoms with Crippen LogP contribution >= 0.6 is 11.8 Å². The molecule has 0 saturated carbocycles. The van der Waals surface area contributed by atoms with Gasteiger partial charge in [0.15, 0.2) is 11.0 Å². The molecule has 0 radical (unpaired) electrons. The normalized spacial score (nSPS) is 11.8. The zero-order valence-corrected chi connectivity index (χ0v) is 18.5. The highest BCUT2D eigenvalue weighted by Crippen LogP contribution is 2.32. The van der Waals surface area contributed by atoms with Gasteiger partial charge in [-0.2, -0.15) is 0 Å². The minimum atomic E-state index is -0.345. The van der Waals surface area contributed by atoms with Crippen LogP contribution in [0.4, 0.5) is 5.69 Å². The topological polar surface area (TPSA) is 63.9 Å². The van der Waals surface area contributed by atoms with Crippen molar-refractivity contribution in [3.63, 3.8) is 0 Å². The van der Waals surface area contributed by atoms with E-state index in [2.05, 4.69) is 28.2 Å². The lowest BCUT2D eigenvalue weighted by molar-refractivity contribution is -0.117. The molecule has 31 heavy (non-hydrogen) atoms. The molecule has 156 valence electrons. The van der Waals surface area contributed by atoms with E-state index in [0.29, 0.717) is 5.16 Å². The fourth-order valence-corrected chi connectivity index (χ4v) is 4.28. The van der Waals surface area contributed by atoms with Crippen LogP contribution in [0.5, 0.6) is 0 Å². The monoisotopic (exact) mass is 429 g/mol. The number of pyridine rings is 1. The SMILES string of the molecule is Cc1ccccc1-n1c(SC(C)C(=O)N(C)c2ccccc2)nnc1-c1ccncc1. The summed E-state index contributed by atoms with van der Waals surface area (Å²) in [6.45, 7) is 3.95. The molecular weight excluding hydrogens is 406 g/mol. The number of aryl methyl sites for hydroxylation is 1. The minimum absolute atomic E-state index is 0.000921. The third kappa shape index (κ3) is 4.36. The first-order valence-corrected chi connectivity index (χ1v) is 10.9. The Morgan fingerprint density at radius 2 is 1.65 bits per heavy atom. The van der Waals surface area contributed by atoms with Crippen LogP contribution < -0.4 is 4.90 Å². The Labute approximate surface area is 186 Å².